The van der Waals surface area contributed by atoms with Gasteiger partial charge in [-0.05, 0) is 32.4 Å². The zero-order chi connectivity index (χ0) is 14.2. The van der Waals surface area contributed by atoms with Crippen LogP contribution in [-0.2, 0) is 4.74 Å². The largest absolute Gasteiger partial charge is 0.507 e. The van der Waals surface area contributed by atoms with Gasteiger partial charge in [-0.1, -0.05) is 6.58 Å². The Kier molecular flexibility index (Phi) is 3.62. The van der Waals surface area contributed by atoms with Gasteiger partial charge in [0.15, 0.2) is 5.78 Å². The SMILES string of the molecule is C=C(C)[C@H]1Oc2cc(O)c(C(C)=O)cc2[C@@H]1OCC. The van der Waals surface area contributed by atoms with E-state index in [0.29, 0.717) is 12.4 Å². The van der Waals surface area contributed by atoms with Gasteiger partial charge in [0, 0.05) is 18.2 Å². The van der Waals surface area contributed by atoms with Crippen molar-refractivity contribution in [3.63, 3.8) is 0 Å². The molecule has 0 unspecified atom stereocenters. The number of phenols is 1. The van der Waals surface area contributed by atoms with Crippen LogP contribution in [0.2, 0.25) is 0 Å². The van der Waals surface area contributed by atoms with E-state index >= 15 is 0 Å². The van der Waals surface area contributed by atoms with Crippen LogP contribution in [0.15, 0.2) is 24.3 Å². The maximum Gasteiger partial charge on any atom is 0.163 e. The van der Waals surface area contributed by atoms with Gasteiger partial charge in [0.25, 0.3) is 0 Å². The van der Waals surface area contributed by atoms with Crippen LogP contribution in [0.5, 0.6) is 11.5 Å². The normalized spacial score (nSPS) is 20.8. The fraction of sp³-hybridized carbons (Fsp3) is 0.400. The summed E-state index contributed by atoms with van der Waals surface area (Å²) in [6.07, 6.45) is -0.562. The molecule has 1 aliphatic heterocycles. The van der Waals surface area contributed by atoms with Crippen molar-refractivity contribution in [2.24, 2.45) is 0 Å². The second-order valence-corrected chi connectivity index (χ2v) is 4.72. The van der Waals surface area contributed by atoms with Crippen LogP contribution in [0.4, 0.5) is 0 Å². The van der Waals surface area contributed by atoms with Crippen LogP contribution in [0.1, 0.15) is 42.8 Å². The third-order valence-electron chi connectivity index (χ3n) is 3.17. The maximum atomic E-state index is 11.5. The summed E-state index contributed by atoms with van der Waals surface area (Å²) in [6, 6.07) is 3.12. The number of ether oxygens (including phenoxy) is 2. The van der Waals surface area contributed by atoms with Crippen molar-refractivity contribution in [3.8, 4) is 11.5 Å². The second kappa shape index (κ2) is 5.05. The number of aromatic hydroxyl groups is 1. The van der Waals surface area contributed by atoms with Crippen molar-refractivity contribution < 1.29 is 19.4 Å². The highest BCUT2D eigenvalue weighted by atomic mass is 16.6. The Balaban J connectivity index is 2.49. The minimum atomic E-state index is -0.281. The summed E-state index contributed by atoms with van der Waals surface area (Å²) in [7, 11) is 0. The second-order valence-electron chi connectivity index (χ2n) is 4.72. The van der Waals surface area contributed by atoms with Gasteiger partial charge in [-0.25, -0.2) is 0 Å². The maximum absolute atomic E-state index is 11.5. The van der Waals surface area contributed by atoms with Gasteiger partial charge in [-0.15, -0.1) is 0 Å². The molecular weight excluding hydrogens is 244 g/mol. The highest BCUT2D eigenvalue weighted by Crippen LogP contribution is 2.44. The van der Waals surface area contributed by atoms with Gasteiger partial charge < -0.3 is 14.6 Å². The van der Waals surface area contributed by atoms with Crippen LogP contribution in [-0.4, -0.2) is 23.6 Å². The Hall–Kier alpha value is -1.81. The molecule has 0 fully saturated rings. The predicted molar refractivity (Wildman–Crippen MR) is 71.7 cm³/mol. The number of phenolic OH excluding ortho intramolecular Hbond substituents is 1. The van der Waals surface area contributed by atoms with E-state index in [0.717, 1.165) is 11.1 Å². The van der Waals surface area contributed by atoms with Crippen molar-refractivity contribution >= 4 is 5.78 Å². The molecule has 0 aromatic heterocycles. The van der Waals surface area contributed by atoms with Gasteiger partial charge in [-0.2, -0.15) is 0 Å². The Morgan fingerprint density at radius 1 is 1.47 bits per heavy atom. The van der Waals surface area contributed by atoms with Crippen LogP contribution < -0.4 is 4.74 Å². The Morgan fingerprint density at radius 2 is 2.16 bits per heavy atom. The zero-order valence-corrected chi connectivity index (χ0v) is 11.4. The average molecular weight is 262 g/mol. The fourth-order valence-corrected chi connectivity index (χ4v) is 2.27. The standard InChI is InChI=1S/C15H18O4/c1-5-18-15-11-6-10(9(4)16)12(17)7-13(11)19-14(15)8(2)3/h6-7,14-15,17H,2,5H2,1,3-4H3/t14-,15+/m1/s1. The first-order chi connectivity index (χ1) is 8.95. The number of benzene rings is 1. The highest BCUT2D eigenvalue weighted by molar-refractivity contribution is 5.97. The summed E-state index contributed by atoms with van der Waals surface area (Å²) in [4.78, 5) is 11.5. The van der Waals surface area contributed by atoms with Crippen LogP contribution in [0.25, 0.3) is 0 Å². The molecule has 1 aromatic rings. The summed E-state index contributed by atoms with van der Waals surface area (Å²) in [5.41, 5.74) is 1.92. The summed E-state index contributed by atoms with van der Waals surface area (Å²) < 4.78 is 11.5. The first-order valence-electron chi connectivity index (χ1n) is 6.27. The number of rotatable bonds is 4. The molecule has 2 atom stereocenters. The van der Waals surface area contributed by atoms with E-state index in [4.69, 9.17) is 9.47 Å². The number of fused-ring (bicyclic) bond motifs is 1. The molecular formula is C15H18O4. The van der Waals surface area contributed by atoms with E-state index in [1.54, 1.807) is 6.07 Å². The number of hydrogen-bond donors (Lipinski definition) is 1. The lowest BCUT2D eigenvalue weighted by atomic mass is 9.99. The highest BCUT2D eigenvalue weighted by Gasteiger charge is 2.36. The number of hydrogen-bond acceptors (Lipinski definition) is 4. The first kappa shape index (κ1) is 13.6. The molecule has 1 N–H and O–H groups in total. The lowest BCUT2D eigenvalue weighted by Crippen LogP contribution is -2.22. The average Bonchev–Trinajstić information content (AvgIpc) is 2.66. The lowest BCUT2D eigenvalue weighted by molar-refractivity contribution is 0.0157. The lowest BCUT2D eigenvalue weighted by Gasteiger charge is -2.18. The smallest absolute Gasteiger partial charge is 0.163 e. The quantitative estimate of drug-likeness (QED) is 0.669. The Labute approximate surface area is 112 Å². The predicted octanol–water partition coefficient (Wildman–Crippen LogP) is 3.01. The molecule has 0 radical (unpaired) electrons. The summed E-state index contributed by atoms with van der Waals surface area (Å²) in [5.74, 6) is 0.298. The van der Waals surface area contributed by atoms with Crippen LogP contribution in [0.3, 0.4) is 0 Å². The Morgan fingerprint density at radius 3 is 2.68 bits per heavy atom. The fourth-order valence-electron chi connectivity index (χ4n) is 2.27. The van der Waals surface area contributed by atoms with Crippen LogP contribution >= 0.6 is 0 Å². The van der Waals surface area contributed by atoms with E-state index in [1.165, 1.54) is 13.0 Å². The summed E-state index contributed by atoms with van der Waals surface area (Å²) >= 11 is 0. The number of Topliss-reactive ketones (excluding diaryl/α,β-unsaturated/α-hetero) is 1. The van der Waals surface area contributed by atoms with Crippen molar-refractivity contribution in [2.45, 2.75) is 33.0 Å². The first-order valence-corrected chi connectivity index (χ1v) is 6.27. The summed E-state index contributed by atoms with van der Waals surface area (Å²) in [5, 5.41) is 9.82. The van der Waals surface area contributed by atoms with E-state index < -0.39 is 0 Å². The van der Waals surface area contributed by atoms with Crippen LogP contribution in [0, 0.1) is 0 Å². The third kappa shape index (κ3) is 2.36. The molecule has 0 bridgehead atoms. The van der Waals surface area contributed by atoms with Gasteiger partial charge in [0.2, 0.25) is 0 Å². The minimum Gasteiger partial charge on any atom is -0.507 e. The third-order valence-corrected chi connectivity index (χ3v) is 3.17. The summed E-state index contributed by atoms with van der Waals surface area (Å²) in [6.45, 7) is 9.63. The van der Waals surface area contributed by atoms with Gasteiger partial charge in [0.1, 0.15) is 23.7 Å². The van der Waals surface area contributed by atoms with Crippen molar-refractivity contribution in [3.05, 3.63) is 35.4 Å². The number of ketones is 1. The van der Waals surface area contributed by atoms with E-state index in [2.05, 4.69) is 6.58 Å². The molecule has 19 heavy (non-hydrogen) atoms. The molecule has 0 amide bonds. The molecule has 0 saturated carbocycles. The minimum absolute atomic E-state index is 0.0659. The molecule has 0 aliphatic carbocycles. The number of carbonyl (C=O) groups excluding carboxylic acids is 1. The van der Waals surface area contributed by atoms with E-state index in [9.17, 15) is 9.90 Å². The monoisotopic (exact) mass is 262 g/mol. The molecule has 4 heteroatoms. The van der Waals surface area contributed by atoms with Gasteiger partial charge in [0.05, 0.1) is 5.56 Å². The molecule has 1 heterocycles. The van der Waals surface area contributed by atoms with E-state index in [-0.39, 0.29) is 29.3 Å². The number of carbonyl (C=O) groups is 1. The molecule has 102 valence electrons. The van der Waals surface area contributed by atoms with Gasteiger partial charge in [-0.3, -0.25) is 4.79 Å². The molecule has 1 aromatic carbocycles. The zero-order valence-electron chi connectivity index (χ0n) is 11.4. The molecule has 0 spiro atoms. The van der Waals surface area contributed by atoms with Gasteiger partial charge >= 0.3 is 0 Å². The molecule has 4 nitrogen and oxygen atoms in total. The molecule has 1 aliphatic rings. The Bertz CT molecular complexity index is 533. The molecule has 2 rings (SSSR count). The van der Waals surface area contributed by atoms with E-state index in [1.807, 2.05) is 13.8 Å². The van der Waals surface area contributed by atoms with Crippen molar-refractivity contribution in [2.75, 3.05) is 6.61 Å². The molecule has 0 saturated heterocycles. The van der Waals surface area contributed by atoms with Crippen molar-refractivity contribution in [1.29, 1.82) is 0 Å². The van der Waals surface area contributed by atoms with Crippen molar-refractivity contribution in [1.82, 2.24) is 0 Å². The topological polar surface area (TPSA) is 55.8 Å².